The predicted octanol–water partition coefficient (Wildman–Crippen LogP) is 3.91. The molecule has 0 fully saturated rings. The normalized spacial score (nSPS) is 11.5. The first kappa shape index (κ1) is 12.3. The molecular weight excluding hydrogens is 288 g/mol. The van der Waals surface area contributed by atoms with Gasteiger partial charge in [-0.3, -0.25) is 0 Å². The summed E-state index contributed by atoms with van der Waals surface area (Å²) in [4.78, 5) is 4.49. The fourth-order valence-corrected chi connectivity index (χ4v) is 2.59. The van der Waals surface area contributed by atoms with Gasteiger partial charge in [0.2, 0.25) is 0 Å². The standard InChI is InChI=1S/C15H11ClN4O/c1-2-20-15-12(8-18-20)14-11(7-17-15)13(19-21-14)9-3-5-10(16)6-4-9/h3-8H,2H2,1H3. The zero-order valence-corrected chi connectivity index (χ0v) is 12.0. The van der Waals surface area contributed by atoms with Crippen LogP contribution in [0.4, 0.5) is 0 Å². The number of halogens is 1. The molecule has 0 radical (unpaired) electrons. The predicted molar refractivity (Wildman–Crippen MR) is 81.2 cm³/mol. The first-order valence-electron chi connectivity index (χ1n) is 6.63. The Bertz CT molecular complexity index is 940. The van der Waals surface area contributed by atoms with Crippen LogP contribution in [-0.4, -0.2) is 19.9 Å². The first-order valence-corrected chi connectivity index (χ1v) is 7.01. The Kier molecular flexibility index (Phi) is 2.68. The van der Waals surface area contributed by atoms with E-state index in [9.17, 15) is 0 Å². The fourth-order valence-electron chi connectivity index (χ4n) is 2.46. The van der Waals surface area contributed by atoms with Crippen molar-refractivity contribution in [1.29, 1.82) is 0 Å². The van der Waals surface area contributed by atoms with Crippen LogP contribution in [0.1, 0.15) is 6.92 Å². The van der Waals surface area contributed by atoms with Crippen molar-refractivity contribution in [1.82, 2.24) is 19.9 Å². The smallest absolute Gasteiger partial charge is 0.181 e. The van der Waals surface area contributed by atoms with E-state index in [0.29, 0.717) is 10.6 Å². The molecular formula is C15H11ClN4O. The number of hydrogen-bond acceptors (Lipinski definition) is 4. The Balaban J connectivity index is 1.98. The Hall–Kier alpha value is -2.40. The molecule has 0 unspecified atom stereocenters. The zero-order chi connectivity index (χ0) is 14.4. The minimum atomic E-state index is 0.691. The highest BCUT2D eigenvalue weighted by atomic mass is 35.5. The van der Waals surface area contributed by atoms with Gasteiger partial charge in [-0.15, -0.1) is 0 Å². The largest absolute Gasteiger partial charge is 0.355 e. The molecule has 0 spiro atoms. The maximum Gasteiger partial charge on any atom is 0.181 e. The molecule has 0 N–H and O–H groups in total. The number of aromatic nitrogens is 4. The second-order valence-electron chi connectivity index (χ2n) is 4.74. The molecule has 3 aromatic heterocycles. The molecule has 0 saturated carbocycles. The van der Waals surface area contributed by atoms with Gasteiger partial charge >= 0.3 is 0 Å². The van der Waals surface area contributed by atoms with Crippen LogP contribution < -0.4 is 0 Å². The van der Waals surface area contributed by atoms with Gasteiger partial charge in [-0.2, -0.15) is 5.10 Å². The summed E-state index contributed by atoms with van der Waals surface area (Å²) < 4.78 is 7.36. The monoisotopic (exact) mass is 298 g/mol. The Morgan fingerprint density at radius 1 is 1.14 bits per heavy atom. The van der Waals surface area contributed by atoms with E-state index in [2.05, 4.69) is 15.2 Å². The molecule has 4 aromatic rings. The Labute approximate surface area is 125 Å². The molecule has 0 aliphatic rings. The minimum Gasteiger partial charge on any atom is -0.355 e. The van der Waals surface area contributed by atoms with Gasteiger partial charge in [0, 0.05) is 23.3 Å². The van der Waals surface area contributed by atoms with Gasteiger partial charge < -0.3 is 4.52 Å². The molecule has 0 saturated heterocycles. The quantitative estimate of drug-likeness (QED) is 0.563. The lowest BCUT2D eigenvalue weighted by molar-refractivity contribution is 0.461. The van der Waals surface area contributed by atoms with E-state index in [1.54, 1.807) is 12.4 Å². The number of benzene rings is 1. The molecule has 21 heavy (non-hydrogen) atoms. The summed E-state index contributed by atoms with van der Waals surface area (Å²) in [6.45, 7) is 2.79. The summed E-state index contributed by atoms with van der Waals surface area (Å²) in [6.07, 6.45) is 3.55. The van der Waals surface area contributed by atoms with Crippen LogP contribution in [-0.2, 0) is 6.54 Å². The van der Waals surface area contributed by atoms with Gasteiger partial charge in [0.15, 0.2) is 11.2 Å². The summed E-state index contributed by atoms with van der Waals surface area (Å²) in [6, 6.07) is 7.50. The molecule has 6 heteroatoms. The van der Waals surface area contributed by atoms with Gasteiger partial charge in [-0.25, -0.2) is 9.67 Å². The van der Waals surface area contributed by atoms with Crippen LogP contribution >= 0.6 is 11.6 Å². The van der Waals surface area contributed by atoms with E-state index in [4.69, 9.17) is 16.1 Å². The summed E-state index contributed by atoms with van der Waals surface area (Å²) in [7, 11) is 0. The number of pyridine rings is 1. The zero-order valence-electron chi connectivity index (χ0n) is 11.2. The van der Waals surface area contributed by atoms with Crippen LogP contribution in [0.25, 0.3) is 33.3 Å². The lowest BCUT2D eigenvalue weighted by Crippen LogP contribution is -1.96. The average Bonchev–Trinajstić information content (AvgIpc) is 3.11. The van der Waals surface area contributed by atoms with Crippen LogP contribution in [0.5, 0.6) is 0 Å². The Morgan fingerprint density at radius 2 is 1.95 bits per heavy atom. The highest BCUT2D eigenvalue weighted by Gasteiger charge is 2.16. The van der Waals surface area contributed by atoms with Crippen molar-refractivity contribution in [3.05, 3.63) is 41.7 Å². The third-order valence-electron chi connectivity index (χ3n) is 3.52. The third-order valence-corrected chi connectivity index (χ3v) is 3.77. The maximum absolute atomic E-state index is 5.92. The van der Waals surface area contributed by atoms with Crippen molar-refractivity contribution in [3.63, 3.8) is 0 Å². The van der Waals surface area contributed by atoms with E-state index in [1.807, 2.05) is 35.9 Å². The lowest BCUT2D eigenvalue weighted by Gasteiger charge is -1.98. The lowest BCUT2D eigenvalue weighted by atomic mass is 10.1. The number of nitrogens with zero attached hydrogens (tertiary/aromatic N) is 4. The van der Waals surface area contributed by atoms with Gasteiger partial charge in [-0.1, -0.05) is 28.9 Å². The van der Waals surface area contributed by atoms with Crippen molar-refractivity contribution in [2.45, 2.75) is 13.5 Å². The van der Waals surface area contributed by atoms with Crippen molar-refractivity contribution in [3.8, 4) is 11.3 Å². The number of rotatable bonds is 2. The first-order chi connectivity index (χ1) is 10.3. The highest BCUT2D eigenvalue weighted by molar-refractivity contribution is 6.30. The highest BCUT2D eigenvalue weighted by Crippen LogP contribution is 2.32. The van der Waals surface area contributed by atoms with Crippen LogP contribution in [0, 0.1) is 0 Å². The van der Waals surface area contributed by atoms with E-state index in [-0.39, 0.29) is 0 Å². The molecule has 0 atom stereocenters. The number of hydrogen-bond donors (Lipinski definition) is 0. The molecule has 3 heterocycles. The second kappa shape index (κ2) is 4.56. The molecule has 1 aromatic carbocycles. The van der Waals surface area contributed by atoms with Gasteiger partial charge in [0.25, 0.3) is 0 Å². The summed E-state index contributed by atoms with van der Waals surface area (Å²) >= 11 is 5.92. The van der Waals surface area contributed by atoms with Crippen LogP contribution in [0.15, 0.2) is 41.2 Å². The number of fused-ring (bicyclic) bond motifs is 3. The van der Waals surface area contributed by atoms with Crippen molar-refractivity contribution >= 4 is 33.6 Å². The van der Waals surface area contributed by atoms with Crippen LogP contribution in [0.2, 0.25) is 5.02 Å². The van der Waals surface area contributed by atoms with Crippen molar-refractivity contribution in [2.24, 2.45) is 0 Å². The SMILES string of the molecule is CCn1ncc2c3onc(-c4ccc(Cl)cc4)c3cnc21. The molecule has 104 valence electrons. The fraction of sp³-hybridized carbons (Fsp3) is 0.133. The molecule has 0 aliphatic carbocycles. The number of aryl methyl sites for hydroxylation is 1. The summed E-state index contributed by atoms with van der Waals surface area (Å²) in [5, 5.41) is 10.9. The Morgan fingerprint density at radius 3 is 2.71 bits per heavy atom. The van der Waals surface area contributed by atoms with Gasteiger partial charge in [0.1, 0.15) is 5.69 Å². The molecule has 0 amide bonds. The molecule has 4 rings (SSSR count). The van der Waals surface area contributed by atoms with Crippen molar-refractivity contribution in [2.75, 3.05) is 0 Å². The van der Waals surface area contributed by atoms with E-state index >= 15 is 0 Å². The summed E-state index contributed by atoms with van der Waals surface area (Å²) in [5.74, 6) is 0. The maximum atomic E-state index is 5.92. The average molecular weight is 299 g/mol. The minimum absolute atomic E-state index is 0.691. The second-order valence-corrected chi connectivity index (χ2v) is 5.17. The van der Waals surface area contributed by atoms with Crippen molar-refractivity contribution < 1.29 is 4.52 Å². The van der Waals surface area contributed by atoms with E-state index < -0.39 is 0 Å². The summed E-state index contributed by atoms with van der Waals surface area (Å²) in [5.41, 5.74) is 3.23. The van der Waals surface area contributed by atoms with Gasteiger partial charge in [0.05, 0.1) is 17.0 Å². The van der Waals surface area contributed by atoms with E-state index in [0.717, 1.165) is 34.2 Å². The van der Waals surface area contributed by atoms with Gasteiger partial charge in [-0.05, 0) is 19.1 Å². The molecule has 0 aliphatic heterocycles. The van der Waals surface area contributed by atoms with E-state index in [1.165, 1.54) is 0 Å². The topological polar surface area (TPSA) is 56.7 Å². The third kappa shape index (κ3) is 1.81. The van der Waals surface area contributed by atoms with Crippen LogP contribution in [0.3, 0.4) is 0 Å². The molecule has 5 nitrogen and oxygen atoms in total. The molecule has 0 bridgehead atoms.